The summed E-state index contributed by atoms with van der Waals surface area (Å²) >= 11 is 0. The molecule has 2 rings (SSSR count). The molecule has 1 heterocycles. The highest BCUT2D eigenvalue weighted by Crippen LogP contribution is 2.33. The van der Waals surface area contributed by atoms with Gasteiger partial charge in [0.2, 0.25) is 5.16 Å². The molecule has 0 aliphatic rings. The fourth-order valence-electron chi connectivity index (χ4n) is 1.75. The van der Waals surface area contributed by atoms with E-state index in [1.54, 1.807) is 0 Å². The van der Waals surface area contributed by atoms with Crippen LogP contribution in [0.3, 0.4) is 0 Å². The van der Waals surface area contributed by atoms with Crippen molar-refractivity contribution in [1.29, 1.82) is 0 Å². The van der Waals surface area contributed by atoms with Crippen LogP contribution in [0.25, 0.3) is 0 Å². The van der Waals surface area contributed by atoms with Gasteiger partial charge in [0.25, 0.3) is 5.69 Å². The molecule has 0 amide bonds. The first-order chi connectivity index (χ1) is 11.9. The van der Waals surface area contributed by atoms with Crippen LogP contribution in [-0.2, 0) is 28.9 Å². The molecule has 0 aliphatic heterocycles. The number of benzene rings is 1. The lowest BCUT2D eigenvalue weighted by atomic mass is 10.2. The van der Waals surface area contributed by atoms with Crippen LogP contribution in [0.1, 0.15) is 17.0 Å². The molecule has 2 aromatic rings. The van der Waals surface area contributed by atoms with Gasteiger partial charge in [-0.1, -0.05) is 12.1 Å². The minimum absolute atomic E-state index is 0.184. The summed E-state index contributed by atoms with van der Waals surface area (Å²) in [6.45, 7) is 0. The molecular weight excluding hydrogens is 392 g/mol. The van der Waals surface area contributed by atoms with Crippen LogP contribution in [0.2, 0.25) is 0 Å². The van der Waals surface area contributed by atoms with E-state index in [1.807, 2.05) is 0 Å². The third kappa shape index (κ3) is 4.74. The molecule has 6 nitrogen and oxygen atoms in total. The molecule has 1 unspecified atom stereocenters. The van der Waals surface area contributed by atoms with Gasteiger partial charge in [0, 0.05) is 12.1 Å². The zero-order valence-corrected chi connectivity index (χ0v) is 13.2. The van der Waals surface area contributed by atoms with Crippen LogP contribution < -0.4 is 0 Å². The van der Waals surface area contributed by atoms with E-state index >= 15 is 0 Å². The molecule has 0 aliphatic carbocycles. The molecule has 0 spiro atoms. The molecule has 0 saturated carbocycles. The van der Waals surface area contributed by atoms with Crippen molar-refractivity contribution in [3.63, 3.8) is 0 Å². The number of nitrogens with zero attached hydrogens (tertiary/aromatic N) is 3. The number of alkyl halides is 6. The van der Waals surface area contributed by atoms with E-state index in [2.05, 4.69) is 9.97 Å². The summed E-state index contributed by atoms with van der Waals surface area (Å²) in [5.41, 5.74) is -3.84. The molecule has 26 heavy (non-hydrogen) atoms. The molecule has 1 aromatic carbocycles. The van der Waals surface area contributed by atoms with E-state index in [-0.39, 0.29) is 17.3 Å². The molecule has 0 saturated heterocycles. The van der Waals surface area contributed by atoms with Gasteiger partial charge >= 0.3 is 12.4 Å². The Morgan fingerprint density at radius 2 is 1.42 bits per heavy atom. The molecule has 0 fully saturated rings. The van der Waals surface area contributed by atoms with Crippen LogP contribution in [0.4, 0.5) is 32.0 Å². The topological polar surface area (TPSA) is 86.0 Å². The molecule has 13 heteroatoms. The smallest absolute Gasteiger partial charge is 0.258 e. The van der Waals surface area contributed by atoms with Gasteiger partial charge in [-0.2, -0.15) is 26.3 Å². The Morgan fingerprint density at radius 3 is 1.81 bits per heavy atom. The third-order valence-corrected chi connectivity index (χ3v) is 4.12. The van der Waals surface area contributed by atoms with Crippen molar-refractivity contribution in [2.24, 2.45) is 0 Å². The molecule has 1 aromatic heterocycles. The lowest BCUT2D eigenvalue weighted by Gasteiger charge is -2.12. The van der Waals surface area contributed by atoms with Crippen molar-refractivity contribution in [2.45, 2.75) is 23.3 Å². The number of rotatable bonds is 4. The van der Waals surface area contributed by atoms with Crippen LogP contribution in [-0.4, -0.2) is 19.1 Å². The maximum atomic E-state index is 12.7. The van der Waals surface area contributed by atoms with Gasteiger partial charge in [-0.25, -0.2) is 9.97 Å². The number of nitro groups is 1. The van der Waals surface area contributed by atoms with Crippen molar-refractivity contribution in [2.75, 3.05) is 0 Å². The Balaban J connectivity index is 2.37. The summed E-state index contributed by atoms with van der Waals surface area (Å²) in [6, 6.07) is 4.19. The summed E-state index contributed by atoms with van der Waals surface area (Å²) in [5, 5.41) is 9.40. The third-order valence-electron chi connectivity index (χ3n) is 2.94. The van der Waals surface area contributed by atoms with Gasteiger partial charge in [0.1, 0.15) is 11.4 Å². The van der Waals surface area contributed by atoms with Gasteiger partial charge < -0.3 is 0 Å². The highest BCUT2D eigenvalue weighted by Gasteiger charge is 2.40. The molecule has 1 atom stereocenters. The van der Waals surface area contributed by atoms with Crippen molar-refractivity contribution in [1.82, 2.24) is 9.97 Å². The standard InChI is InChI=1S/C13H7F6N3O3S/c14-12(15,16)9-5-10(13(17,18)19)21-11(20-9)26(25)6-7-1-3-8(4-2-7)22(23)24/h1-5H,6H2. The van der Waals surface area contributed by atoms with Crippen molar-refractivity contribution >= 4 is 16.5 Å². The number of aromatic nitrogens is 2. The zero-order valence-electron chi connectivity index (χ0n) is 12.3. The Morgan fingerprint density at radius 1 is 0.962 bits per heavy atom. The maximum Gasteiger partial charge on any atom is 0.433 e. The van der Waals surface area contributed by atoms with Crippen molar-refractivity contribution in [3.05, 3.63) is 57.4 Å². The number of hydrogen-bond donors (Lipinski definition) is 0. The predicted molar refractivity (Wildman–Crippen MR) is 75.2 cm³/mol. The van der Waals surface area contributed by atoms with E-state index in [4.69, 9.17) is 0 Å². The maximum absolute atomic E-state index is 12.7. The van der Waals surface area contributed by atoms with Crippen LogP contribution >= 0.6 is 0 Å². The fraction of sp³-hybridized carbons (Fsp3) is 0.231. The zero-order chi connectivity index (χ0) is 19.7. The van der Waals surface area contributed by atoms with Gasteiger partial charge in [0.15, 0.2) is 0 Å². The Bertz CT molecular complexity index is 819. The second kappa shape index (κ2) is 6.97. The fourth-order valence-corrected chi connectivity index (χ4v) is 2.77. The highest BCUT2D eigenvalue weighted by molar-refractivity contribution is 7.84. The largest absolute Gasteiger partial charge is 0.433 e. The van der Waals surface area contributed by atoms with Gasteiger partial charge in [0.05, 0.1) is 21.5 Å². The first-order valence-corrected chi connectivity index (χ1v) is 7.85. The van der Waals surface area contributed by atoms with E-state index in [9.17, 15) is 40.7 Å². The van der Waals surface area contributed by atoms with E-state index in [0.717, 1.165) is 12.1 Å². The lowest BCUT2D eigenvalue weighted by Crippen LogP contribution is -2.18. The summed E-state index contributed by atoms with van der Waals surface area (Å²) in [4.78, 5) is 15.7. The first-order valence-electron chi connectivity index (χ1n) is 6.53. The number of nitro benzene ring substituents is 1. The summed E-state index contributed by atoms with van der Waals surface area (Å²) < 4.78 is 88.5. The Hall–Kier alpha value is -2.57. The number of hydrogen-bond acceptors (Lipinski definition) is 5. The predicted octanol–water partition coefficient (Wildman–Crippen LogP) is 3.73. The number of non-ortho nitro benzene ring substituents is 1. The van der Waals surface area contributed by atoms with Gasteiger partial charge in [-0.15, -0.1) is 0 Å². The van der Waals surface area contributed by atoms with Crippen molar-refractivity contribution < 1.29 is 35.5 Å². The van der Waals surface area contributed by atoms with E-state index in [0.29, 0.717) is 0 Å². The number of halogens is 6. The first kappa shape index (κ1) is 19.8. The Labute approximate surface area is 143 Å². The minimum atomic E-state index is -5.19. The average molecular weight is 399 g/mol. The molecule has 0 radical (unpaired) electrons. The van der Waals surface area contributed by atoms with Crippen molar-refractivity contribution in [3.8, 4) is 0 Å². The molecule has 140 valence electrons. The molecule has 0 N–H and O–H groups in total. The second-order valence-corrected chi connectivity index (χ2v) is 6.17. The van der Waals surface area contributed by atoms with Crippen LogP contribution in [0.15, 0.2) is 35.5 Å². The molecular formula is C13H7F6N3O3S. The average Bonchev–Trinajstić information content (AvgIpc) is 2.53. The Kier molecular flexibility index (Phi) is 5.30. The van der Waals surface area contributed by atoms with Gasteiger partial charge in [-0.3, -0.25) is 14.3 Å². The highest BCUT2D eigenvalue weighted by atomic mass is 32.2. The van der Waals surface area contributed by atoms with E-state index in [1.165, 1.54) is 12.1 Å². The van der Waals surface area contributed by atoms with E-state index < -0.39 is 50.4 Å². The monoisotopic (exact) mass is 399 g/mol. The lowest BCUT2D eigenvalue weighted by molar-refractivity contribution is -0.384. The molecule has 0 bridgehead atoms. The summed E-state index contributed by atoms with van der Waals surface area (Å²) in [5.74, 6) is -0.517. The van der Waals surface area contributed by atoms with Crippen LogP contribution in [0, 0.1) is 10.1 Å². The summed E-state index contributed by atoms with van der Waals surface area (Å²) in [6.07, 6.45) is -10.4. The van der Waals surface area contributed by atoms with Gasteiger partial charge in [-0.05, 0) is 11.6 Å². The quantitative estimate of drug-likeness (QED) is 0.339. The second-order valence-electron chi connectivity index (χ2n) is 4.83. The minimum Gasteiger partial charge on any atom is -0.258 e. The van der Waals surface area contributed by atoms with Crippen LogP contribution in [0.5, 0.6) is 0 Å². The normalized spacial score (nSPS) is 13.5. The SMILES string of the molecule is O=[N+]([O-])c1ccc(CS(=O)c2nc(C(F)(F)F)cc(C(F)(F)F)n2)cc1. The summed E-state index contributed by atoms with van der Waals surface area (Å²) in [7, 11) is -2.43.